The first-order valence-electron chi connectivity index (χ1n) is 5.02. The van der Waals surface area contributed by atoms with E-state index in [1.165, 1.54) is 28.4 Å². The molecule has 0 saturated carbocycles. The van der Waals surface area contributed by atoms with Crippen molar-refractivity contribution in [2.45, 2.75) is 24.4 Å². The van der Waals surface area contributed by atoms with E-state index in [1.54, 1.807) is 0 Å². The highest BCUT2D eigenvalue weighted by Gasteiger charge is 2.35. The molecule has 2 N–H and O–H groups in total. The summed E-state index contributed by atoms with van der Waals surface area (Å²) >= 11 is 0. The van der Waals surface area contributed by atoms with Crippen molar-refractivity contribution in [2.24, 2.45) is 0 Å². The maximum absolute atomic E-state index is 9.14. The van der Waals surface area contributed by atoms with Gasteiger partial charge in [-0.1, -0.05) is 0 Å². The molecule has 6 heteroatoms. The van der Waals surface area contributed by atoms with Gasteiger partial charge in [-0.25, -0.2) is 0 Å². The highest BCUT2D eigenvalue weighted by Crippen LogP contribution is 2.15. The first kappa shape index (κ1) is 15.8. The van der Waals surface area contributed by atoms with E-state index in [9.17, 15) is 0 Å². The van der Waals surface area contributed by atoms with Crippen LogP contribution in [-0.2, 0) is 18.9 Å². The van der Waals surface area contributed by atoms with E-state index in [0.29, 0.717) is 0 Å². The molecule has 0 aliphatic rings. The van der Waals surface area contributed by atoms with Crippen LogP contribution in [0.4, 0.5) is 0 Å². The fourth-order valence-corrected chi connectivity index (χ4v) is 1.62. The molecule has 6 nitrogen and oxygen atoms in total. The van der Waals surface area contributed by atoms with Crippen LogP contribution in [0.3, 0.4) is 0 Å². The Hall–Kier alpha value is -0.240. The number of methoxy groups -OCH3 is 4. The van der Waals surface area contributed by atoms with Crippen LogP contribution in [0.15, 0.2) is 0 Å². The Morgan fingerprint density at radius 1 is 0.688 bits per heavy atom. The Labute approximate surface area is 96.1 Å². The summed E-state index contributed by atoms with van der Waals surface area (Å²) in [4.78, 5) is 0. The van der Waals surface area contributed by atoms with Gasteiger partial charge in [0.1, 0.15) is 24.4 Å². The van der Waals surface area contributed by atoms with Crippen LogP contribution in [0.5, 0.6) is 0 Å². The van der Waals surface area contributed by atoms with Gasteiger partial charge in [0.15, 0.2) is 0 Å². The molecule has 0 aromatic carbocycles. The van der Waals surface area contributed by atoms with Crippen LogP contribution < -0.4 is 0 Å². The van der Waals surface area contributed by atoms with E-state index in [4.69, 9.17) is 29.2 Å². The second-order valence-electron chi connectivity index (χ2n) is 3.31. The molecule has 0 amide bonds. The molecule has 0 radical (unpaired) electrons. The summed E-state index contributed by atoms with van der Waals surface area (Å²) in [7, 11) is 5.92. The molecule has 0 aliphatic heterocycles. The summed E-state index contributed by atoms with van der Waals surface area (Å²) in [5, 5.41) is 18.3. The number of aliphatic hydroxyl groups is 2. The number of rotatable bonds is 9. The number of ether oxygens (including phenoxy) is 4. The van der Waals surface area contributed by atoms with Crippen LogP contribution in [0.1, 0.15) is 0 Å². The van der Waals surface area contributed by atoms with Crippen LogP contribution in [0.25, 0.3) is 0 Å². The molecule has 0 aromatic heterocycles. The van der Waals surface area contributed by atoms with Crippen molar-refractivity contribution in [2.75, 3.05) is 41.7 Å². The van der Waals surface area contributed by atoms with E-state index in [-0.39, 0.29) is 13.2 Å². The van der Waals surface area contributed by atoms with Crippen molar-refractivity contribution in [3.8, 4) is 0 Å². The summed E-state index contributed by atoms with van der Waals surface area (Å²) in [6, 6.07) is 0. The van der Waals surface area contributed by atoms with Gasteiger partial charge >= 0.3 is 0 Å². The normalized spacial score (nSPS) is 19.1. The molecular weight excluding hydrogens is 216 g/mol. The minimum atomic E-state index is -0.529. The monoisotopic (exact) mass is 238 g/mol. The van der Waals surface area contributed by atoms with Gasteiger partial charge in [-0.15, -0.1) is 0 Å². The predicted octanol–water partition coefficient (Wildman–Crippen LogP) is -0.969. The van der Waals surface area contributed by atoms with Gasteiger partial charge in [-0.05, 0) is 0 Å². The molecule has 0 rings (SSSR count). The zero-order valence-corrected chi connectivity index (χ0v) is 10.3. The summed E-state index contributed by atoms with van der Waals surface area (Å²) in [5.74, 6) is 0. The summed E-state index contributed by atoms with van der Waals surface area (Å²) in [5.41, 5.74) is 0. The third-order valence-corrected chi connectivity index (χ3v) is 2.57. The zero-order valence-electron chi connectivity index (χ0n) is 10.3. The molecular formula is C10H22O6. The minimum absolute atomic E-state index is 0.198. The van der Waals surface area contributed by atoms with Gasteiger partial charge in [-0.2, -0.15) is 0 Å². The molecule has 98 valence electrons. The third kappa shape index (κ3) is 3.97. The second-order valence-corrected chi connectivity index (χ2v) is 3.31. The van der Waals surface area contributed by atoms with Crippen LogP contribution in [-0.4, -0.2) is 76.3 Å². The zero-order chi connectivity index (χ0) is 12.6. The van der Waals surface area contributed by atoms with Crippen molar-refractivity contribution in [1.29, 1.82) is 0 Å². The maximum atomic E-state index is 9.14. The highest BCUT2D eigenvalue weighted by atomic mass is 16.6. The van der Waals surface area contributed by atoms with E-state index in [2.05, 4.69) is 0 Å². The molecule has 4 unspecified atom stereocenters. The Balaban J connectivity index is 4.71. The van der Waals surface area contributed by atoms with Crippen molar-refractivity contribution in [3.63, 3.8) is 0 Å². The van der Waals surface area contributed by atoms with Crippen LogP contribution in [0, 0.1) is 0 Å². The number of hydrogen-bond donors (Lipinski definition) is 2. The Morgan fingerprint density at radius 3 is 1.12 bits per heavy atom. The minimum Gasteiger partial charge on any atom is -0.394 e. The lowest BCUT2D eigenvalue weighted by Crippen LogP contribution is -2.50. The van der Waals surface area contributed by atoms with E-state index < -0.39 is 24.4 Å². The molecule has 0 spiro atoms. The molecule has 0 fully saturated rings. The quantitative estimate of drug-likeness (QED) is 0.538. The molecule has 0 aliphatic carbocycles. The summed E-state index contributed by atoms with van der Waals surface area (Å²) in [6.45, 7) is -0.395. The van der Waals surface area contributed by atoms with Gasteiger partial charge in [0.25, 0.3) is 0 Å². The lowest BCUT2D eigenvalue weighted by molar-refractivity contribution is -0.163. The molecule has 0 heterocycles. The van der Waals surface area contributed by atoms with Gasteiger partial charge in [-0.3, -0.25) is 0 Å². The van der Waals surface area contributed by atoms with Crippen molar-refractivity contribution in [3.05, 3.63) is 0 Å². The fourth-order valence-electron chi connectivity index (χ4n) is 1.62. The summed E-state index contributed by atoms with van der Waals surface area (Å²) in [6.07, 6.45) is -2.09. The molecule has 4 atom stereocenters. The Kier molecular flexibility index (Phi) is 8.73. The lowest BCUT2D eigenvalue weighted by Gasteiger charge is -2.33. The average Bonchev–Trinajstić information content (AvgIpc) is 2.33. The fraction of sp³-hybridized carbons (Fsp3) is 1.00. The third-order valence-electron chi connectivity index (χ3n) is 2.57. The maximum Gasteiger partial charge on any atom is 0.114 e. The first-order valence-corrected chi connectivity index (χ1v) is 5.02. The topological polar surface area (TPSA) is 77.4 Å². The van der Waals surface area contributed by atoms with E-state index in [1.807, 2.05) is 0 Å². The largest absolute Gasteiger partial charge is 0.394 e. The Bertz CT molecular complexity index is 139. The molecule has 0 aromatic rings. The van der Waals surface area contributed by atoms with Crippen molar-refractivity contribution >= 4 is 0 Å². The lowest BCUT2D eigenvalue weighted by atomic mass is 10.0. The van der Waals surface area contributed by atoms with Crippen molar-refractivity contribution < 1.29 is 29.2 Å². The molecule has 0 saturated heterocycles. The predicted molar refractivity (Wildman–Crippen MR) is 57.4 cm³/mol. The number of aliphatic hydroxyl groups excluding tert-OH is 2. The van der Waals surface area contributed by atoms with E-state index >= 15 is 0 Å². The SMILES string of the molecule is COC(CO)C(OC)C(OC)C(CO)OC. The van der Waals surface area contributed by atoms with Crippen molar-refractivity contribution in [1.82, 2.24) is 0 Å². The first-order chi connectivity index (χ1) is 7.69. The smallest absolute Gasteiger partial charge is 0.114 e. The molecule has 16 heavy (non-hydrogen) atoms. The van der Waals surface area contributed by atoms with E-state index in [0.717, 1.165) is 0 Å². The standard InChI is InChI=1S/C10H22O6/c1-13-7(5-11)9(15-3)10(16-4)8(6-12)14-2/h7-12H,5-6H2,1-4H3. The van der Waals surface area contributed by atoms with Crippen LogP contribution in [0.2, 0.25) is 0 Å². The van der Waals surface area contributed by atoms with Gasteiger partial charge in [0.05, 0.1) is 13.2 Å². The highest BCUT2D eigenvalue weighted by molar-refractivity contribution is 4.84. The van der Waals surface area contributed by atoms with Gasteiger partial charge in [0.2, 0.25) is 0 Å². The van der Waals surface area contributed by atoms with Gasteiger partial charge < -0.3 is 29.2 Å². The molecule has 0 bridgehead atoms. The Morgan fingerprint density at radius 2 is 1.00 bits per heavy atom. The van der Waals surface area contributed by atoms with Gasteiger partial charge in [0, 0.05) is 28.4 Å². The average molecular weight is 238 g/mol. The second kappa shape index (κ2) is 8.86. The van der Waals surface area contributed by atoms with Crippen LogP contribution >= 0.6 is 0 Å². The summed E-state index contributed by atoms with van der Waals surface area (Å²) < 4.78 is 20.6. The number of hydrogen-bond acceptors (Lipinski definition) is 6.